The highest BCUT2D eigenvalue weighted by Crippen LogP contribution is 2.40. The Kier molecular flexibility index (Phi) is 3.25. The van der Waals surface area contributed by atoms with E-state index in [1.165, 1.54) is 32.4 Å². The molecule has 1 heterocycles. The Morgan fingerprint density at radius 3 is 2.48 bits per heavy atom. The van der Waals surface area contributed by atoms with Crippen molar-refractivity contribution in [1.29, 1.82) is 0 Å². The zero-order chi connectivity index (χ0) is 15.0. The number of halogens is 1. The summed E-state index contributed by atoms with van der Waals surface area (Å²) in [5.41, 5.74) is 0.915. The quantitative estimate of drug-likeness (QED) is 0.850. The van der Waals surface area contributed by atoms with Gasteiger partial charge in [0.05, 0.1) is 19.8 Å². The average molecular weight is 288 g/mol. The third-order valence-electron chi connectivity index (χ3n) is 3.38. The number of ketones is 1. The molecule has 0 bridgehead atoms. The number of Topliss-reactive ketones (excluding diaryl/α,β-unsaturated/α-hetero) is 1. The summed E-state index contributed by atoms with van der Waals surface area (Å²) in [6.45, 7) is 0. The Hall–Kier alpha value is -2.56. The molecule has 0 unspecified atom stereocenters. The summed E-state index contributed by atoms with van der Waals surface area (Å²) in [6, 6.07) is 7.32. The Morgan fingerprint density at radius 2 is 1.76 bits per heavy atom. The van der Waals surface area contributed by atoms with Crippen molar-refractivity contribution in [2.24, 2.45) is 0 Å². The van der Waals surface area contributed by atoms with E-state index in [1.807, 2.05) is 0 Å². The normalized spacial score (nSPS) is 12.8. The molecule has 0 aromatic heterocycles. The lowest BCUT2D eigenvalue weighted by Crippen LogP contribution is -2.03. The molecule has 5 heteroatoms. The van der Waals surface area contributed by atoms with Crippen LogP contribution in [0, 0.1) is 5.82 Å². The summed E-state index contributed by atoms with van der Waals surface area (Å²) in [5.74, 6) is 1.21. The first-order valence-corrected chi connectivity index (χ1v) is 6.38. The van der Waals surface area contributed by atoms with Crippen molar-refractivity contribution in [3.8, 4) is 23.0 Å². The number of fused-ring (bicyclic) bond motifs is 2. The second-order valence-corrected chi connectivity index (χ2v) is 4.66. The van der Waals surface area contributed by atoms with Crippen molar-refractivity contribution in [3.05, 3.63) is 47.3 Å². The summed E-state index contributed by atoms with van der Waals surface area (Å²) in [7, 11) is 3.00. The standard InChI is InChI=1S/C16H13FO4/c1-19-15-7-11-12(18)6-9-5-10(17)3-4-13(9)21-14(11)8-16(15)20-2/h3-5,7-8H,6H2,1-2H3. The van der Waals surface area contributed by atoms with Crippen LogP contribution in [0.25, 0.3) is 0 Å². The van der Waals surface area contributed by atoms with Crippen LogP contribution in [0.3, 0.4) is 0 Å². The maximum Gasteiger partial charge on any atom is 0.171 e. The first kappa shape index (κ1) is 13.4. The number of methoxy groups -OCH3 is 2. The molecule has 1 aliphatic rings. The van der Waals surface area contributed by atoms with Gasteiger partial charge in [0.2, 0.25) is 0 Å². The lowest BCUT2D eigenvalue weighted by Gasteiger charge is -2.12. The lowest BCUT2D eigenvalue weighted by atomic mass is 10.0. The summed E-state index contributed by atoms with van der Waals surface area (Å²) < 4.78 is 29.5. The maximum absolute atomic E-state index is 13.3. The van der Waals surface area contributed by atoms with E-state index in [-0.39, 0.29) is 12.2 Å². The van der Waals surface area contributed by atoms with Crippen LogP contribution in [0.2, 0.25) is 0 Å². The van der Waals surface area contributed by atoms with Crippen LogP contribution in [0.4, 0.5) is 4.39 Å². The first-order chi connectivity index (χ1) is 10.1. The number of benzene rings is 2. The van der Waals surface area contributed by atoms with E-state index in [0.717, 1.165) is 0 Å². The predicted octanol–water partition coefficient (Wildman–Crippen LogP) is 3.37. The highest BCUT2D eigenvalue weighted by molar-refractivity contribution is 6.01. The van der Waals surface area contributed by atoms with Crippen LogP contribution < -0.4 is 14.2 Å². The molecule has 0 saturated heterocycles. The van der Waals surface area contributed by atoms with Crippen LogP contribution in [-0.4, -0.2) is 20.0 Å². The molecular formula is C16H13FO4. The Bertz CT molecular complexity index is 724. The lowest BCUT2D eigenvalue weighted by molar-refractivity contribution is 0.0993. The first-order valence-electron chi connectivity index (χ1n) is 6.38. The van der Waals surface area contributed by atoms with Crippen LogP contribution in [-0.2, 0) is 6.42 Å². The summed E-state index contributed by atoms with van der Waals surface area (Å²) >= 11 is 0. The molecule has 21 heavy (non-hydrogen) atoms. The van der Waals surface area contributed by atoms with E-state index in [1.54, 1.807) is 12.1 Å². The van der Waals surface area contributed by atoms with Crippen molar-refractivity contribution < 1.29 is 23.4 Å². The fourth-order valence-electron chi connectivity index (χ4n) is 2.34. The number of ether oxygens (including phenoxy) is 3. The molecule has 1 aliphatic heterocycles. The molecule has 0 atom stereocenters. The molecule has 4 nitrogen and oxygen atoms in total. The number of rotatable bonds is 2. The third-order valence-corrected chi connectivity index (χ3v) is 3.38. The summed E-state index contributed by atoms with van der Waals surface area (Å²) in [5, 5.41) is 0. The van der Waals surface area contributed by atoms with Crippen LogP contribution in [0.5, 0.6) is 23.0 Å². The smallest absolute Gasteiger partial charge is 0.171 e. The van der Waals surface area contributed by atoms with Gasteiger partial charge in [0.25, 0.3) is 0 Å². The minimum absolute atomic E-state index is 0.0789. The van der Waals surface area contributed by atoms with E-state index in [9.17, 15) is 9.18 Å². The molecule has 0 radical (unpaired) electrons. The van der Waals surface area contributed by atoms with Gasteiger partial charge in [-0.05, 0) is 24.3 Å². The van der Waals surface area contributed by atoms with Gasteiger partial charge in [0.15, 0.2) is 17.3 Å². The topological polar surface area (TPSA) is 44.8 Å². The van der Waals surface area contributed by atoms with Crippen molar-refractivity contribution >= 4 is 5.78 Å². The fraction of sp³-hybridized carbons (Fsp3) is 0.188. The van der Waals surface area contributed by atoms with Crippen LogP contribution in [0.15, 0.2) is 30.3 Å². The molecule has 0 spiro atoms. The predicted molar refractivity (Wildman–Crippen MR) is 74.1 cm³/mol. The van der Waals surface area contributed by atoms with E-state index < -0.39 is 5.82 Å². The number of carbonyl (C=O) groups excluding carboxylic acids is 1. The van der Waals surface area contributed by atoms with Crippen molar-refractivity contribution in [2.75, 3.05) is 14.2 Å². The third kappa shape index (κ3) is 2.31. The Balaban J connectivity index is 2.15. The zero-order valence-electron chi connectivity index (χ0n) is 11.6. The monoisotopic (exact) mass is 288 g/mol. The van der Waals surface area contributed by atoms with E-state index in [0.29, 0.717) is 34.1 Å². The van der Waals surface area contributed by atoms with Gasteiger partial charge < -0.3 is 14.2 Å². The van der Waals surface area contributed by atoms with Gasteiger partial charge in [-0.15, -0.1) is 0 Å². The molecule has 0 aliphatic carbocycles. The van der Waals surface area contributed by atoms with Gasteiger partial charge in [-0.2, -0.15) is 0 Å². The second kappa shape index (κ2) is 5.09. The molecule has 0 amide bonds. The van der Waals surface area contributed by atoms with Crippen LogP contribution >= 0.6 is 0 Å². The minimum Gasteiger partial charge on any atom is -0.493 e. The van der Waals surface area contributed by atoms with Gasteiger partial charge in [-0.3, -0.25) is 4.79 Å². The maximum atomic E-state index is 13.3. The molecule has 2 aromatic carbocycles. The molecule has 108 valence electrons. The summed E-state index contributed by atoms with van der Waals surface area (Å²) in [6.07, 6.45) is 0.0789. The van der Waals surface area contributed by atoms with Gasteiger partial charge in [-0.25, -0.2) is 4.39 Å². The molecule has 3 rings (SSSR count). The molecule has 2 aromatic rings. The highest BCUT2D eigenvalue weighted by atomic mass is 19.1. The number of hydrogen-bond acceptors (Lipinski definition) is 4. The number of hydrogen-bond donors (Lipinski definition) is 0. The molecule has 0 saturated carbocycles. The Labute approximate surface area is 121 Å². The van der Waals surface area contributed by atoms with Crippen LogP contribution in [0.1, 0.15) is 15.9 Å². The zero-order valence-corrected chi connectivity index (χ0v) is 11.6. The molecular weight excluding hydrogens is 275 g/mol. The molecule has 0 N–H and O–H groups in total. The average Bonchev–Trinajstić information content (AvgIpc) is 2.61. The SMILES string of the molecule is COc1cc2c(cc1OC)C(=O)Cc1cc(F)ccc1O2. The van der Waals surface area contributed by atoms with Gasteiger partial charge in [-0.1, -0.05) is 0 Å². The largest absolute Gasteiger partial charge is 0.493 e. The molecule has 0 fully saturated rings. The fourth-order valence-corrected chi connectivity index (χ4v) is 2.34. The summed E-state index contributed by atoms with van der Waals surface area (Å²) in [4.78, 5) is 12.3. The van der Waals surface area contributed by atoms with E-state index >= 15 is 0 Å². The van der Waals surface area contributed by atoms with Crippen molar-refractivity contribution in [1.82, 2.24) is 0 Å². The highest BCUT2D eigenvalue weighted by Gasteiger charge is 2.24. The number of carbonyl (C=O) groups is 1. The minimum atomic E-state index is -0.397. The van der Waals surface area contributed by atoms with Gasteiger partial charge in [0, 0.05) is 18.1 Å². The van der Waals surface area contributed by atoms with E-state index in [4.69, 9.17) is 14.2 Å². The van der Waals surface area contributed by atoms with Gasteiger partial charge in [0.1, 0.15) is 17.3 Å². The Morgan fingerprint density at radius 1 is 1.05 bits per heavy atom. The van der Waals surface area contributed by atoms with Crippen molar-refractivity contribution in [2.45, 2.75) is 6.42 Å². The van der Waals surface area contributed by atoms with Crippen molar-refractivity contribution in [3.63, 3.8) is 0 Å². The second-order valence-electron chi connectivity index (χ2n) is 4.66. The van der Waals surface area contributed by atoms with E-state index in [2.05, 4.69) is 0 Å². The van der Waals surface area contributed by atoms with Gasteiger partial charge >= 0.3 is 0 Å².